The molecule has 24 heavy (non-hydrogen) atoms. The maximum atomic E-state index is 12.1. The molecule has 0 saturated heterocycles. The molecule has 8 heteroatoms. The Kier molecular flexibility index (Phi) is 3.70. The fourth-order valence-corrected chi connectivity index (χ4v) is 3.15. The average molecular weight is 401 g/mol. The van der Waals surface area contributed by atoms with Crippen LogP contribution in [0.3, 0.4) is 0 Å². The van der Waals surface area contributed by atoms with Crippen molar-refractivity contribution in [1.82, 2.24) is 5.01 Å². The van der Waals surface area contributed by atoms with Crippen LogP contribution >= 0.6 is 27.7 Å². The number of aliphatic imine (C=N–C) groups is 1. The second-order valence-electron chi connectivity index (χ2n) is 4.97. The zero-order valence-electron chi connectivity index (χ0n) is 12.1. The fraction of sp³-hybridized carbons (Fsp3) is 0. The lowest BCUT2D eigenvalue weighted by Crippen LogP contribution is -2.35. The lowest BCUT2D eigenvalue weighted by atomic mass is 10.1. The van der Waals surface area contributed by atoms with Crippen molar-refractivity contribution in [2.24, 2.45) is 10.1 Å². The Labute approximate surface area is 149 Å². The molecule has 0 aliphatic carbocycles. The van der Waals surface area contributed by atoms with Crippen LogP contribution in [-0.4, -0.2) is 27.5 Å². The number of fused-ring (bicyclic) bond motifs is 1. The van der Waals surface area contributed by atoms with E-state index >= 15 is 0 Å². The van der Waals surface area contributed by atoms with Crippen LogP contribution in [0.1, 0.15) is 5.76 Å². The minimum absolute atomic E-state index is 0.00663. The summed E-state index contributed by atoms with van der Waals surface area (Å²) in [5.74, 6) is 0.692. The van der Waals surface area contributed by atoms with Gasteiger partial charge < -0.3 is 4.42 Å². The Balaban J connectivity index is 1.67. The first-order valence-corrected chi connectivity index (χ1v) is 8.58. The van der Waals surface area contributed by atoms with Crippen LogP contribution in [0.15, 0.2) is 61.0 Å². The predicted octanol–water partition coefficient (Wildman–Crippen LogP) is 3.96. The number of carbonyl (C=O) groups is 1. The highest BCUT2D eigenvalue weighted by Gasteiger charge is 2.32. The number of benzene rings is 1. The SMILES string of the molecule is N=C1/C(=C\c2ccc(-c3ccc(Br)cc3)o2)C(=O)N=C2SC=NN12. The zero-order chi connectivity index (χ0) is 16.7. The molecule has 4 rings (SSSR count). The Morgan fingerprint density at radius 3 is 2.79 bits per heavy atom. The molecule has 118 valence electrons. The van der Waals surface area contributed by atoms with Crippen molar-refractivity contribution in [3.8, 4) is 11.3 Å². The van der Waals surface area contributed by atoms with E-state index in [1.165, 1.54) is 22.8 Å². The van der Waals surface area contributed by atoms with Crippen molar-refractivity contribution in [3.63, 3.8) is 0 Å². The summed E-state index contributed by atoms with van der Waals surface area (Å²) in [5, 5.41) is 13.9. The molecule has 3 heterocycles. The van der Waals surface area contributed by atoms with Crippen molar-refractivity contribution in [2.75, 3.05) is 0 Å². The molecule has 1 aromatic carbocycles. The number of halogens is 1. The summed E-state index contributed by atoms with van der Waals surface area (Å²) in [6, 6.07) is 11.3. The third-order valence-corrected chi connectivity index (χ3v) is 4.64. The summed E-state index contributed by atoms with van der Waals surface area (Å²) in [6.07, 6.45) is 1.52. The van der Waals surface area contributed by atoms with Gasteiger partial charge in [-0.1, -0.05) is 28.1 Å². The van der Waals surface area contributed by atoms with E-state index in [1.807, 2.05) is 30.3 Å². The largest absolute Gasteiger partial charge is 0.457 e. The number of hydrogen-bond acceptors (Lipinski definition) is 5. The van der Waals surface area contributed by atoms with E-state index in [9.17, 15) is 4.79 Å². The number of furan rings is 1. The number of nitrogens with one attached hydrogen (secondary N) is 1. The summed E-state index contributed by atoms with van der Waals surface area (Å²) in [5.41, 5.74) is 2.62. The number of rotatable bonds is 2. The Bertz CT molecular complexity index is 943. The minimum atomic E-state index is -0.467. The molecule has 1 N–H and O–H groups in total. The van der Waals surface area contributed by atoms with E-state index in [4.69, 9.17) is 9.83 Å². The molecular weight excluding hydrogens is 392 g/mol. The summed E-state index contributed by atoms with van der Waals surface area (Å²) >= 11 is 4.61. The Hall–Kier alpha value is -2.45. The predicted molar refractivity (Wildman–Crippen MR) is 97.9 cm³/mol. The van der Waals surface area contributed by atoms with E-state index in [0.29, 0.717) is 16.7 Å². The molecule has 0 fully saturated rings. The molecule has 2 aromatic rings. The molecule has 1 aromatic heterocycles. The monoisotopic (exact) mass is 400 g/mol. The van der Waals surface area contributed by atoms with Crippen LogP contribution in [0.25, 0.3) is 17.4 Å². The minimum Gasteiger partial charge on any atom is -0.457 e. The van der Waals surface area contributed by atoms with Crippen LogP contribution in [-0.2, 0) is 4.79 Å². The standard InChI is InChI=1S/C16H9BrN4O2S/c17-10-3-1-9(2-4-10)13-6-5-11(23-13)7-12-14(18)21-16(20-15(12)22)24-8-19-21/h1-8,18H/b12-7+,18-14?. The van der Waals surface area contributed by atoms with Gasteiger partial charge in [0.1, 0.15) is 11.5 Å². The second-order valence-corrected chi connectivity index (χ2v) is 6.69. The number of carbonyl (C=O) groups excluding carboxylic acids is 1. The van der Waals surface area contributed by atoms with Crippen molar-refractivity contribution < 1.29 is 9.21 Å². The summed E-state index contributed by atoms with van der Waals surface area (Å²) in [7, 11) is 0. The molecule has 0 saturated carbocycles. The maximum Gasteiger partial charge on any atom is 0.283 e. The summed E-state index contributed by atoms with van der Waals surface area (Å²) in [6.45, 7) is 0. The van der Waals surface area contributed by atoms with Gasteiger partial charge in [0.05, 0.1) is 11.1 Å². The molecule has 0 radical (unpaired) electrons. The van der Waals surface area contributed by atoms with Gasteiger partial charge in [-0.25, -0.2) is 0 Å². The third kappa shape index (κ3) is 2.63. The summed E-state index contributed by atoms with van der Waals surface area (Å²) < 4.78 is 6.75. The van der Waals surface area contributed by atoms with Crippen LogP contribution in [0.2, 0.25) is 0 Å². The van der Waals surface area contributed by atoms with E-state index in [2.05, 4.69) is 26.0 Å². The molecular formula is C16H9BrN4O2S. The van der Waals surface area contributed by atoms with Gasteiger partial charge in [-0.2, -0.15) is 15.1 Å². The Morgan fingerprint density at radius 1 is 1.21 bits per heavy atom. The normalized spacial score (nSPS) is 18.3. The van der Waals surface area contributed by atoms with Gasteiger partial charge in [-0.3, -0.25) is 10.2 Å². The van der Waals surface area contributed by atoms with Crippen molar-refractivity contribution >= 4 is 56.2 Å². The number of hydrogen-bond donors (Lipinski definition) is 1. The first-order valence-electron chi connectivity index (χ1n) is 6.90. The highest BCUT2D eigenvalue weighted by Crippen LogP contribution is 2.28. The zero-order valence-corrected chi connectivity index (χ0v) is 14.5. The van der Waals surface area contributed by atoms with E-state index < -0.39 is 5.91 Å². The van der Waals surface area contributed by atoms with Gasteiger partial charge in [-0.15, -0.1) is 0 Å². The first kappa shape index (κ1) is 15.1. The van der Waals surface area contributed by atoms with Gasteiger partial charge in [0.25, 0.3) is 5.91 Å². The van der Waals surface area contributed by atoms with Gasteiger partial charge in [-0.05, 0) is 42.1 Å². The second kappa shape index (κ2) is 5.88. The van der Waals surface area contributed by atoms with Crippen LogP contribution in [0.5, 0.6) is 0 Å². The van der Waals surface area contributed by atoms with Gasteiger partial charge in [0.2, 0.25) is 0 Å². The molecule has 6 nitrogen and oxygen atoms in total. The molecule has 0 atom stereocenters. The van der Waals surface area contributed by atoms with E-state index in [1.54, 1.807) is 11.6 Å². The number of nitrogens with zero attached hydrogens (tertiary/aromatic N) is 3. The molecule has 0 spiro atoms. The first-order chi connectivity index (χ1) is 11.6. The highest BCUT2D eigenvalue weighted by molar-refractivity contribution is 9.10. The topological polar surface area (TPSA) is 82.0 Å². The average Bonchev–Trinajstić information content (AvgIpc) is 3.21. The fourth-order valence-electron chi connectivity index (χ4n) is 2.28. The lowest BCUT2D eigenvalue weighted by molar-refractivity contribution is -0.114. The molecule has 1 amide bonds. The maximum absolute atomic E-state index is 12.1. The Morgan fingerprint density at radius 2 is 2.00 bits per heavy atom. The van der Waals surface area contributed by atoms with E-state index in [0.717, 1.165) is 10.0 Å². The smallest absolute Gasteiger partial charge is 0.283 e. The van der Waals surface area contributed by atoms with Crippen LogP contribution in [0.4, 0.5) is 0 Å². The molecule has 0 bridgehead atoms. The number of thioether (sulfide) groups is 1. The van der Waals surface area contributed by atoms with Crippen molar-refractivity contribution in [1.29, 1.82) is 5.41 Å². The third-order valence-electron chi connectivity index (χ3n) is 3.44. The number of hydrazone groups is 1. The van der Waals surface area contributed by atoms with Gasteiger partial charge >= 0.3 is 0 Å². The van der Waals surface area contributed by atoms with Crippen molar-refractivity contribution in [2.45, 2.75) is 0 Å². The van der Waals surface area contributed by atoms with Crippen molar-refractivity contribution in [3.05, 3.63) is 52.2 Å². The van der Waals surface area contributed by atoms with E-state index in [-0.39, 0.29) is 11.4 Å². The summed E-state index contributed by atoms with van der Waals surface area (Å²) in [4.78, 5) is 16.1. The van der Waals surface area contributed by atoms with Gasteiger partial charge in [0, 0.05) is 10.0 Å². The molecule has 2 aliphatic heterocycles. The quantitative estimate of drug-likeness (QED) is 0.773. The number of amidine groups is 2. The van der Waals surface area contributed by atoms with Crippen LogP contribution < -0.4 is 0 Å². The highest BCUT2D eigenvalue weighted by atomic mass is 79.9. The lowest BCUT2D eigenvalue weighted by Gasteiger charge is -2.19. The molecule has 0 unspecified atom stereocenters. The number of amides is 1. The van der Waals surface area contributed by atoms with Crippen LogP contribution in [0, 0.1) is 5.41 Å². The van der Waals surface area contributed by atoms with Gasteiger partial charge in [0.15, 0.2) is 11.0 Å². The molecule has 2 aliphatic rings.